The highest BCUT2D eigenvalue weighted by Gasteiger charge is 2.29. The van der Waals surface area contributed by atoms with Crippen LogP contribution in [-0.2, 0) is 4.79 Å². The van der Waals surface area contributed by atoms with Gasteiger partial charge in [0.1, 0.15) is 0 Å². The van der Waals surface area contributed by atoms with Crippen LogP contribution in [0.1, 0.15) is 34.1 Å². The SMILES string of the molecule is CCCN(C(=O)C(C)(C)C)c1nc(-c2ccccc2)cs1. The molecule has 0 spiro atoms. The minimum atomic E-state index is -0.395. The molecule has 0 N–H and O–H groups in total. The van der Waals surface area contributed by atoms with Crippen molar-refractivity contribution in [2.75, 3.05) is 11.4 Å². The lowest BCUT2D eigenvalue weighted by Crippen LogP contribution is -2.40. The van der Waals surface area contributed by atoms with Gasteiger partial charge in [0.25, 0.3) is 0 Å². The van der Waals surface area contributed by atoms with Crippen LogP contribution in [0.15, 0.2) is 35.7 Å². The number of carbonyl (C=O) groups excluding carboxylic acids is 1. The van der Waals surface area contributed by atoms with Crippen LogP contribution in [0.3, 0.4) is 0 Å². The molecule has 0 saturated heterocycles. The lowest BCUT2D eigenvalue weighted by Gasteiger charge is -2.27. The summed E-state index contributed by atoms with van der Waals surface area (Å²) >= 11 is 1.53. The molecule has 0 aliphatic carbocycles. The van der Waals surface area contributed by atoms with Gasteiger partial charge < -0.3 is 0 Å². The van der Waals surface area contributed by atoms with Crippen molar-refractivity contribution >= 4 is 22.4 Å². The lowest BCUT2D eigenvalue weighted by atomic mass is 9.95. The van der Waals surface area contributed by atoms with E-state index < -0.39 is 5.41 Å². The molecular formula is C17H22N2OS. The lowest BCUT2D eigenvalue weighted by molar-refractivity contribution is -0.125. The molecule has 112 valence electrons. The van der Waals surface area contributed by atoms with E-state index in [4.69, 9.17) is 0 Å². The minimum absolute atomic E-state index is 0.123. The first-order valence-electron chi connectivity index (χ1n) is 7.26. The van der Waals surface area contributed by atoms with Crippen LogP contribution in [0.5, 0.6) is 0 Å². The Morgan fingerprint density at radius 2 is 1.90 bits per heavy atom. The predicted octanol–water partition coefficient (Wildman–Crippen LogP) is 4.60. The highest BCUT2D eigenvalue weighted by molar-refractivity contribution is 7.14. The highest BCUT2D eigenvalue weighted by atomic mass is 32.1. The molecule has 2 aromatic rings. The van der Waals surface area contributed by atoms with E-state index in [9.17, 15) is 4.79 Å². The van der Waals surface area contributed by atoms with E-state index in [1.54, 1.807) is 0 Å². The van der Waals surface area contributed by atoms with Gasteiger partial charge in [-0.25, -0.2) is 4.98 Å². The number of carbonyl (C=O) groups is 1. The van der Waals surface area contributed by atoms with Crippen LogP contribution in [0.25, 0.3) is 11.3 Å². The Bertz CT molecular complexity index is 599. The van der Waals surface area contributed by atoms with Crippen molar-refractivity contribution in [2.45, 2.75) is 34.1 Å². The Kier molecular flexibility index (Phi) is 4.78. The summed E-state index contributed by atoms with van der Waals surface area (Å²) in [5.41, 5.74) is 1.62. The number of amides is 1. The molecule has 0 bridgehead atoms. The van der Waals surface area contributed by atoms with Crippen molar-refractivity contribution in [1.82, 2.24) is 4.98 Å². The van der Waals surface area contributed by atoms with Crippen LogP contribution in [-0.4, -0.2) is 17.4 Å². The van der Waals surface area contributed by atoms with E-state index in [1.807, 2.05) is 61.4 Å². The van der Waals surface area contributed by atoms with E-state index in [1.165, 1.54) is 11.3 Å². The van der Waals surface area contributed by atoms with E-state index in [-0.39, 0.29) is 5.91 Å². The third kappa shape index (κ3) is 3.70. The monoisotopic (exact) mass is 302 g/mol. The first kappa shape index (κ1) is 15.7. The van der Waals surface area contributed by atoms with Gasteiger partial charge in [-0.2, -0.15) is 0 Å². The number of nitrogens with zero attached hydrogens (tertiary/aromatic N) is 2. The summed E-state index contributed by atoms with van der Waals surface area (Å²) in [6.45, 7) is 8.63. The summed E-state index contributed by atoms with van der Waals surface area (Å²) in [5, 5.41) is 2.80. The van der Waals surface area contributed by atoms with Crippen LogP contribution in [0.2, 0.25) is 0 Å². The number of rotatable bonds is 4. The van der Waals surface area contributed by atoms with Crippen molar-refractivity contribution < 1.29 is 4.79 Å². The Morgan fingerprint density at radius 3 is 2.48 bits per heavy atom. The first-order chi connectivity index (χ1) is 9.93. The maximum absolute atomic E-state index is 12.6. The minimum Gasteiger partial charge on any atom is -0.288 e. The first-order valence-corrected chi connectivity index (χ1v) is 8.14. The molecule has 2 rings (SSSR count). The van der Waals surface area contributed by atoms with Gasteiger partial charge in [0.05, 0.1) is 5.69 Å². The Labute approximate surface area is 130 Å². The second kappa shape index (κ2) is 6.39. The third-order valence-electron chi connectivity index (χ3n) is 3.13. The van der Waals surface area contributed by atoms with Crippen LogP contribution < -0.4 is 4.90 Å². The van der Waals surface area contributed by atoms with Gasteiger partial charge >= 0.3 is 0 Å². The second-order valence-electron chi connectivity index (χ2n) is 6.09. The molecule has 3 nitrogen and oxygen atoms in total. The average Bonchev–Trinajstić information content (AvgIpc) is 2.93. The zero-order valence-corrected chi connectivity index (χ0v) is 13.9. The third-order valence-corrected chi connectivity index (χ3v) is 3.99. The number of anilines is 1. The van der Waals surface area contributed by atoms with E-state index in [2.05, 4.69) is 11.9 Å². The number of hydrogen-bond donors (Lipinski definition) is 0. The van der Waals surface area contributed by atoms with Crippen molar-refractivity contribution in [3.05, 3.63) is 35.7 Å². The number of aromatic nitrogens is 1. The van der Waals surface area contributed by atoms with E-state index in [0.29, 0.717) is 6.54 Å². The summed E-state index contributed by atoms with van der Waals surface area (Å²) < 4.78 is 0. The summed E-state index contributed by atoms with van der Waals surface area (Å²) in [6, 6.07) is 10.1. The van der Waals surface area contributed by atoms with Crippen LogP contribution in [0.4, 0.5) is 5.13 Å². The summed E-state index contributed by atoms with van der Waals surface area (Å²) in [6.07, 6.45) is 0.919. The fourth-order valence-corrected chi connectivity index (χ4v) is 2.90. The number of hydrogen-bond acceptors (Lipinski definition) is 3. The Morgan fingerprint density at radius 1 is 1.24 bits per heavy atom. The average molecular weight is 302 g/mol. The molecule has 21 heavy (non-hydrogen) atoms. The Balaban J connectivity index is 2.31. The molecule has 1 aromatic heterocycles. The fraction of sp³-hybridized carbons (Fsp3) is 0.412. The zero-order valence-electron chi connectivity index (χ0n) is 13.1. The number of benzene rings is 1. The van der Waals surface area contributed by atoms with Gasteiger partial charge in [-0.1, -0.05) is 58.0 Å². The highest BCUT2D eigenvalue weighted by Crippen LogP contribution is 2.30. The normalized spacial score (nSPS) is 11.4. The van der Waals surface area contributed by atoms with E-state index in [0.717, 1.165) is 22.8 Å². The Hall–Kier alpha value is -1.68. The zero-order chi connectivity index (χ0) is 15.5. The maximum Gasteiger partial charge on any atom is 0.234 e. The molecule has 0 radical (unpaired) electrons. The molecule has 0 atom stereocenters. The largest absolute Gasteiger partial charge is 0.288 e. The molecule has 0 aliphatic rings. The molecular weight excluding hydrogens is 280 g/mol. The molecule has 1 aromatic carbocycles. The van der Waals surface area contributed by atoms with Gasteiger partial charge in [0.2, 0.25) is 5.91 Å². The summed E-state index contributed by atoms with van der Waals surface area (Å²) in [7, 11) is 0. The van der Waals surface area contributed by atoms with Crippen molar-refractivity contribution in [3.63, 3.8) is 0 Å². The molecule has 0 aliphatic heterocycles. The molecule has 1 heterocycles. The molecule has 0 fully saturated rings. The molecule has 0 unspecified atom stereocenters. The quantitative estimate of drug-likeness (QED) is 0.827. The second-order valence-corrected chi connectivity index (χ2v) is 6.92. The van der Waals surface area contributed by atoms with Crippen molar-refractivity contribution in [3.8, 4) is 11.3 Å². The van der Waals surface area contributed by atoms with E-state index >= 15 is 0 Å². The molecule has 4 heteroatoms. The summed E-state index contributed by atoms with van der Waals surface area (Å²) in [5.74, 6) is 0.123. The maximum atomic E-state index is 12.6. The van der Waals surface area contributed by atoms with Gasteiger partial charge in [-0.05, 0) is 6.42 Å². The van der Waals surface area contributed by atoms with Gasteiger partial charge in [-0.15, -0.1) is 11.3 Å². The van der Waals surface area contributed by atoms with Crippen molar-refractivity contribution in [2.24, 2.45) is 5.41 Å². The smallest absolute Gasteiger partial charge is 0.234 e. The van der Waals surface area contributed by atoms with Gasteiger partial charge in [0, 0.05) is 22.9 Å². The summed E-state index contributed by atoms with van der Waals surface area (Å²) in [4.78, 5) is 19.1. The number of thiazole rings is 1. The fourth-order valence-electron chi connectivity index (χ4n) is 2.04. The van der Waals surface area contributed by atoms with Gasteiger partial charge in [0.15, 0.2) is 5.13 Å². The van der Waals surface area contributed by atoms with Gasteiger partial charge in [-0.3, -0.25) is 9.69 Å². The molecule has 0 saturated carbocycles. The van der Waals surface area contributed by atoms with Crippen molar-refractivity contribution in [1.29, 1.82) is 0 Å². The topological polar surface area (TPSA) is 33.2 Å². The standard InChI is InChI=1S/C17H22N2OS/c1-5-11-19(15(20)17(2,3)4)16-18-14(12-21-16)13-9-7-6-8-10-13/h6-10,12H,5,11H2,1-4H3. The van der Waals surface area contributed by atoms with Crippen LogP contribution >= 0.6 is 11.3 Å². The van der Waals surface area contributed by atoms with Crippen LogP contribution in [0, 0.1) is 5.41 Å². The molecule has 1 amide bonds. The predicted molar refractivity (Wildman–Crippen MR) is 89.6 cm³/mol.